The summed E-state index contributed by atoms with van der Waals surface area (Å²) in [6.45, 7) is 3.63. The van der Waals surface area contributed by atoms with Gasteiger partial charge < -0.3 is 10.5 Å². The zero-order chi connectivity index (χ0) is 15.6. The average molecular weight is 309 g/mol. The van der Waals surface area contributed by atoms with Crippen molar-refractivity contribution >= 4 is 21.9 Å². The molecule has 2 rings (SSSR count). The maximum absolute atomic E-state index is 12.3. The number of benzene rings is 1. The second-order valence-corrected chi connectivity index (χ2v) is 7.47. The molecule has 1 aliphatic rings. The van der Waals surface area contributed by atoms with Crippen molar-refractivity contribution in [3.8, 4) is 0 Å². The first-order valence-corrected chi connectivity index (χ1v) is 8.27. The van der Waals surface area contributed by atoms with Gasteiger partial charge in [0.15, 0.2) is 0 Å². The summed E-state index contributed by atoms with van der Waals surface area (Å²) in [6, 6.07) is 5.96. The summed E-state index contributed by atoms with van der Waals surface area (Å²) in [4.78, 5) is 12.1. The molecule has 0 radical (unpaired) electrons. The molecule has 114 valence electrons. The molecule has 0 spiro atoms. The summed E-state index contributed by atoms with van der Waals surface area (Å²) in [6.07, 6.45) is 2.04. The van der Waals surface area contributed by atoms with Crippen LogP contribution in [0, 0.1) is 5.92 Å². The molecule has 0 fully saturated rings. The Morgan fingerprint density at radius 2 is 1.95 bits per heavy atom. The molecule has 0 amide bonds. The second-order valence-electron chi connectivity index (χ2n) is 5.50. The van der Waals surface area contributed by atoms with Gasteiger partial charge in [-0.05, 0) is 30.0 Å². The van der Waals surface area contributed by atoms with Crippen LogP contribution < -0.4 is 5.73 Å². The molecule has 1 aromatic rings. The van der Waals surface area contributed by atoms with E-state index in [4.69, 9.17) is 10.5 Å². The van der Waals surface area contributed by atoms with Crippen LogP contribution in [0.1, 0.15) is 25.8 Å². The molecule has 0 aromatic heterocycles. The smallest absolute Gasteiger partial charge is 0.323 e. The van der Waals surface area contributed by atoms with Gasteiger partial charge in [0, 0.05) is 0 Å². The maximum Gasteiger partial charge on any atom is 0.323 e. The number of fused-ring (bicyclic) bond motifs is 1. The first-order chi connectivity index (χ1) is 9.82. The Hall–Kier alpha value is -1.66. The van der Waals surface area contributed by atoms with Crippen LogP contribution in [-0.2, 0) is 19.4 Å². The Labute approximate surface area is 124 Å². The van der Waals surface area contributed by atoms with Gasteiger partial charge in [0.05, 0.1) is 9.80 Å². The number of hydrogen-bond donors (Lipinski definition) is 1. The van der Waals surface area contributed by atoms with E-state index in [9.17, 15) is 13.2 Å². The number of esters is 1. The van der Waals surface area contributed by atoms with E-state index in [0.29, 0.717) is 12.0 Å². The first-order valence-electron chi connectivity index (χ1n) is 6.79. The lowest BCUT2D eigenvalue weighted by Crippen LogP contribution is -2.34. The van der Waals surface area contributed by atoms with Gasteiger partial charge in [-0.15, -0.1) is 0 Å². The molecule has 1 aliphatic heterocycles. The monoisotopic (exact) mass is 309 g/mol. The number of hydrogen-bond acceptors (Lipinski definition) is 5. The van der Waals surface area contributed by atoms with Gasteiger partial charge in [0.25, 0.3) is 0 Å². The summed E-state index contributed by atoms with van der Waals surface area (Å²) in [5, 5.41) is 0. The minimum Gasteiger partial charge on any atom is -0.459 e. The lowest BCUT2D eigenvalue weighted by molar-refractivity contribution is -0.144. The zero-order valence-corrected chi connectivity index (χ0v) is 12.9. The molecule has 0 unspecified atom stereocenters. The zero-order valence-electron chi connectivity index (χ0n) is 12.1. The number of nitrogens with two attached hydrogens (primary N) is 1. The Morgan fingerprint density at radius 3 is 2.57 bits per heavy atom. The fraction of sp³-hybridized carbons (Fsp3) is 0.400. The fourth-order valence-corrected chi connectivity index (χ4v) is 3.68. The Morgan fingerprint density at radius 1 is 1.29 bits per heavy atom. The molecule has 0 saturated heterocycles. The maximum atomic E-state index is 12.3. The summed E-state index contributed by atoms with van der Waals surface area (Å²) < 4.78 is 29.6. The molecule has 6 heteroatoms. The minimum absolute atomic E-state index is 0.0915. The quantitative estimate of drug-likeness (QED) is 0.837. The molecular weight excluding hydrogens is 290 g/mol. The molecule has 1 aromatic carbocycles. The van der Waals surface area contributed by atoms with Crippen molar-refractivity contribution in [2.24, 2.45) is 11.7 Å². The van der Waals surface area contributed by atoms with Crippen molar-refractivity contribution < 1.29 is 17.9 Å². The average Bonchev–Trinajstić information content (AvgIpc) is 2.67. The van der Waals surface area contributed by atoms with Gasteiger partial charge in [-0.1, -0.05) is 32.0 Å². The summed E-state index contributed by atoms with van der Waals surface area (Å²) in [5.74, 6) is -0.304. The normalized spacial score (nSPS) is 17.2. The fourth-order valence-electron chi connectivity index (χ4n) is 2.21. The highest BCUT2D eigenvalue weighted by atomic mass is 32.2. The third kappa shape index (κ3) is 3.33. The van der Waals surface area contributed by atoms with Crippen LogP contribution in [0.3, 0.4) is 0 Å². The van der Waals surface area contributed by atoms with E-state index in [1.807, 2.05) is 13.8 Å². The van der Waals surface area contributed by atoms with Gasteiger partial charge in [-0.25, -0.2) is 8.42 Å². The predicted octanol–water partition coefficient (Wildman–Crippen LogP) is 1.73. The van der Waals surface area contributed by atoms with Crippen LogP contribution in [0.15, 0.2) is 34.1 Å². The summed E-state index contributed by atoms with van der Waals surface area (Å²) in [7, 11) is -3.55. The predicted molar refractivity (Wildman–Crippen MR) is 80.0 cm³/mol. The van der Waals surface area contributed by atoms with Gasteiger partial charge in [-0.2, -0.15) is 0 Å². The van der Waals surface area contributed by atoms with Gasteiger partial charge >= 0.3 is 5.97 Å². The Balaban J connectivity index is 2.04. The highest BCUT2D eigenvalue weighted by Gasteiger charge is 2.30. The topological polar surface area (TPSA) is 86.5 Å². The molecule has 21 heavy (non-hydrogen) atoms. The molecule has 0 bridgehead atoms. The van der Waals surface area contributed by atoms with Gasteiger partial charge in [0.2, 0.25) is 9.84 Å². The van der Waals surface area contributed by atoms with E-state index < -0.39 is 21.8 Å². The lowest BCUT2D eigenvalue weighted by Gasteiger charge is -2.13. The highest BCUT2D eigenvalue weighted by Crippen LogP contribution is 2.32. The molecule has 1 heterocycles. The SMILES string of the molecule is CC(C)C[C@H](N)C(=O)OCC1=Cc2ccccc2S1(=O)=O. The third-order valence-corrected chi connectivity index (χ3v) is 5.13. The van der Waals surface area contributed by atoms with Crippen LogP contribution in [0.25, 0.3) is 6.08 Å². The van der Waals surface area contributed by atoms with Crippen molar-refractivity contribution in [3.63, 3.8) is 0 Å². The van der Waals surface area contributed by atoms with E-state index in [-0.39, 0.29) is 22.3 Å². The number of ether oxygens (including phenoxy) is 1. The molecule has 0 aliphatic carbocycles. The lowest BCUT2D eigenvalue weighted by atomic mass is 10.1. The van der Waals surface area contributed by atoms with E-state index in [2.05, 4.69) is 0 Å². The van der Waals surface area contributed by atoms with Gasteiger partial charge in [-0.3, -0.25) is 4.79 Å². The number of rotatable bonds is 5. The second kappa shape index (κ2) is 5.99. The van der Waals surface area contributed by atoms with Crippen molar-refractivity contribution in [1.82, 2.24) is 0 Å². The third-order valence-electron chi connectivity index (χ3n) is 3.25. The molecule has 5 nitrogen and oxygen atoms in total. The standard InChI is InChI=1S/C15H19NO4S/c1-10(2)7-13(16)15(17)20-9-12-8-11-5-3-4-6-14(11)21(12,18)19/h3-6,8,10,13H,7,9,16H2,1-2H3/t13-/m0/s1. The Bertz CT molecular complexity index is 677. The molecule has 1 atom stereocenters. The number of sulfone groups is 1. The van der Waals surface area contributed by atoms with Crippen molar-refractivity contribution in [3.05, 3.63) is 34.7 Å². The van der Waals surface area contributed by atoms with Crippen LogP contribution in [-0.4, -0.2) is 27.0 Å². The van der Waals surface area contributed by atoms with Gasteiger partial charge in [0.1, 0.15) is 12.6 Å². The number of carbonyl (C=O) groups excluding carboxylic acids is 1. The Kier molecular flexibility index (Phi) is 4.49. The minimum atomic E-state index is -3.55. The highest BCUT2D eigenvalue weighted by molar-refractivity contribution is 7.95. The summed E-state index contributed by atoms with van der Waals surface area (Å²) >= 11 is 0. The van der Waals surface area contributed by atoms with Crippen molar-refractivity contribution in [2.45, 2.75) is 31.2 Å². The molecule has 2 N–H and O–H groups in total. The van der Waals surface area contributed by atoms with Crippen LogP contribution in [0.2, 0.25) is 0 Å². The van der Waals surface area contributed by atoms with Crippen LogP contribution >= 0.6 is 0 Å². The largest absolute Gasteiger partial charge is 0.459 e. The van der Waals surface area contributed by atoms with E-state index in [1.165, 1.54) is 6.08 Å². The summed E-state index contributed by atoms with van der Waals surface area (Å²) in [5.41, 5.74) is 6.33. The van der Waals surface area contributed by atoms with Crippen molar-refractivity contribution in [1.29, 1.82) is 0 Å². The van der Waals surface area contributed by atoms with Crippen LogP contribution in [0.5, 0.6) is 0 Å². The van der Waals surface area contributed by atoms with E-state index in [1.54, 1.807) is 24.3 Å². The van der Waals surface area contributed by atoms with Crippen LogP contribution in [0.4, 0.5) is 0 Å². The molecule has 0 saturated carbocycles. The van der Waals surface area contributed by atoms with Crippen molar-refractivity contribution in [2.75, 3.05) is 6.61 Å². The first kappa shape index (κ1) is 15.7. The number of carbonyl (C=O) groups is 1. The van der Waals surface area contributed by atoms with E-state index in [0.717, 1.165) is 0 Å². The molecular formula is C15H19NO4S. The van der Waals surface area contributed by atoms with E-state index >= 15 is 0 Å².